The van der Waals surface area contributed by atoms with Crippen molar-refractivity contribution >= 4 is 17.1 Å². The Bertz CT molecular complexity index is 809. The molecular formula is C16H15N3O3. The molecule has 3 aromatic rings. The predicted molar refractivity (Wildman–Crippen MR) is 81.4 cm³/mol. The van der Waals surface area contributed by atoms with Crippen LogP contribution in [0.15, 0.2) is 42.9 Å². The summed E-state index contributed by atoms with van der Waals surface area (Å²) in [5, 5.41) is 0. The number of benzene rings is 1. The van der Waals surface area contributed by atoms with Crippen molar-refractivity contribution in [3.05, 3.63) is 48.4 Å². The lowest BCUT2D eigenvalue weighted by Gasteiger charge is -2.06. The van der Waals surface area contributed by atoms with Gasteiger partial charge in [-0.05, 0) is 37.3 Å². The lowest BCUT2D eigenvalue weighted by atomic mass is 10.2. The second-order valence-electron chi connectivity index (χ2n) is 4.60. The van der Waals surface area contributed by atoms with Crippen LogP contribution in [-0.4, -0.2) is 34.2 Å². The third-order valence-corrected chi connectivity index (χ3v) is 3.23. The van der Waals surface area contributed by atoms with Gasteiger partial charge in [0.05, 0.1) is 19.3 Å². The van der Waals surface area contributed by atoms with Gasteiger partial charge in [-0.1, -0.05) is 0 Å². The summed E-state index contributed by atoms with van der Waals surface area (Å²) in [5.74, 6) is 0.390. The topological polar surface area (TPSA) is 66.2 Å². The summed E-state index contributed by atoms with van der Waals surface area (Å²) in [5.41, 5.74) is 2.62. The summed E-state index contributed by atoms with van der Waals surface area (Å²) in [4.78, 5) is 20.1. The number of imidazole rings is 1. The Balaban J connectivity index is 1.99. The van der Waals surface area contributed by atoms with Crippen molar-refractivity contribution < 1.29 is 14.3 Å². The number of rotatable bonds is 4. The molecule has 6 nitrogen and oxygen atoms in total. The van der Waals surface area contributed by atoms with E-state index < -0.39 is 5.97 Å². The summed E-state index contributed by atoms with van der Waals surface area (Å²) < 4.78 is 12.0. The lowest BCUT2D eigenvalue weighted by molar-refractivity contribution is 0.0600. The number of carbonyl (C=O) groups excluding carboxylic acids is 1. The molecule has 0 saturated carbocycles. The van der Waals surface area contributed by atoms with Crippen molar-refractivity contribution in [2.24, 2.45) is 0 Å². The van der Waals surface area contributed by atoms with Crippen LogP contribution in [-0.2, 0) is 4.74 Å². The number of aromatic nitrogens is 3. The summed E-state index contributed by atoms with van der Waals surface area (Å²) in [6.07, 6.45) is 3.16. The molecule has 0 fully saturated rings. The molecule has 0 saturated heterocycles. The maximum absolute atomic E-state index is 11.5. The van der Waals surface area contributed by atoms with Crippen LogP contribution in [0.5, 0.6) is 5.75 Å². The summed E-state index contributed by atoms with van der Waals surface area (Å²) >= 11 is 0. The van der Waals surface area contributed by atoms with E-state index >= 15 is 0 Å². The maximum Gasteiger partial charge on any atom is 0.339 e. The van der Waals surface area contributed by atoms with Crippen LogP contribution in [0.4, 0.5) is 0 Å². The zero-order valence-electron chi connectivity index (χ0n) is 12.3. The smallest absolute Gasteiger partial charge is 0.339 e. The Hall–Kier alpha value is -2.89. The second-order valence-corrected chi connectivity index (χ2v) is 4.60. The molecule has 0 radical (unpaired) electrons. The molecule has 22 heavy (non-hydrogen) atoms. The Morgan fingerprint density at radius 1 is 1.23 bits per heavy atom. The summed E-state index contributed by atoms with van der Waals surface area (Å²) in [6.45, 7) is 2.57. The fraction of sp³-hybridized carbons (Fsp3) is 0.188. The molecule has 6 heteroatoms. The molecule has 0 amide bonds. The van der Waals surface area contributed by atoms with Crippen molar-refractivity contribution in [2.75, 3.05) is 13.7 Å². The van der Waals surface area contributed by atoms with Gasteiger partial charge in [-0.3, -0.25) is 4.57 Å². The van der Waals surface area contributed by atoms with Gasteiger partial charge in [0.2, 0.25) is 0 Å². The Morgan fingerprint density at radius 3 is 2.68 bits per heavy atom. The van der Waals surface area contributed by atoms with Gasteiger partial charge in [-0.15, -0.1) is 0 Å². The monoisotopic (exact) mass is 297 g/mol. The van der Waals surface area contributed by atoms with Crippen LogP contribution < -0.4 is 4.74 Å². The van der Waals surface area contributed by atoms with E-state index in [0.717, 1.165) is 11.4 Å². The molecule has 0 atom stereocenters. The molecule has 0 spiro atoms. The predicted octanol–water partition coefficient (Wildman–Crippen LogP) is 2.61. The summed E-state index contributed by atoms with van der Waals surface area (Å²) in [7, 11) is 1.34. The molecule has 3 rings (SSSR count). The van der Waals surface area contributed by atoms with Crippen molar-refractivity contribution in [3.63, 3.8) is 0 Å². The number of carbonyl (C=O) groups is 1. The molecule has 0 aliphatic heterocycles. The van der Waals surface area contributed by atoms with Gasteiger partial charge < -0.3 is 9.47 Å². The fourth-order valence-corrected chi connectivity index (χ4v) is 2.19. The van der Waals surface area contributed by atoms with Crippen LogP contribution in [0.2, 0.25) is 0 Å². The first kappa shape index (κ1) is 14.1. The molecule has 0 aliphatic rings. The van der Waals surface area contributed by atoms with Gasteiger partial charge >= 0.3 is 5.97 Å². The van der Waals surface area contributed by atoms with E-state index in [1.165, 1.54) is 13.3 Å². The fourth-order valence-electron chi connectivity index (χ4n) is 2.19. The molecule has 2 heterocycles. The molecule has 112 valence electrons. The average Bonchev–Trinajstić information content (AvgIpc) is 2.98. The van der Waals surface area contributed by atoms with E-state index in [4.69, 9.17) is 4.74 Å². The lowest BCUT2D eigenvalue weighted by Crippen LogP contribution is -2.02. The molecule has 2 aromatic heterocycles. The van der Waals surface area contributed by atoms with Gasteiger partial charge in [-0.2, -0.15) is 0 Å². The number of pyridine rings is 1. The molecule has 0 aliphatic carbocycles. The number of hydrogen-bond acceptors (Lipinski definition) is 5. The van der Waals surface area contributed by atoms with Crippen LogP contribution in [0, 0.1) is 0 Å². The first-order chi connectivity index (χ1) is 10.7. The highest BCUT2D eigenvalue weighted by Crippen LogP contribution is 2.20. The van der Waals surface area contributed by atoms with Crippen LogP contribution in [0.3, 0.4) is 0 Å². The highest BCUT2D eigenvalue weighted by molar-refractivity contribution is 5.92. The van der Waals surface area contributed by atoms with E-state index in [2.05, 4.69) is 14.7 Å². The van der Waals surface area contributed by atoms with Crippen molar-refractivity contribution in [3.8, 4) is 11.4 Å². The Morgan fingerprint density at radius 2 is 2.00 bits per heavy atom. The van der Waals surface area contributed by atoms with Gasteiger partial charge in [0.1, 0.15) is 17.6 Å². The number of esters is 1. The number of methoxy groups -OCH3 is 1. The second kappa shape index (κ2) is 5.85. The van der Waals surface area contributed by atoms with E-state index in [0.29, 0.717) is 23.3 Å². The zero-order chi connectivity index (χ0) is 15.5. The highest BCUT2D eigenvalue weighted by Gasteiger charge is 2.11. The minimum atomic E-state index is -0.426. The molecule has 0 bridgehead atoms. The third-order valence-electron chi connectivity index (χ3n) is 3.23. The van der Waals surface area contributed by atoms with Gasteiger partial charge in [0, 0.05) is 11.9 Å². The molecule has 0 unspecified atom stereocenters. The van der Waals surface area contributed by atoms with Gasteiger partial charge in [0.15, 0.2) is 5.65 Å². The maximum atomic E-state index is 11.5. The van der Waals surface area contributed by atoms with Crippen molar-refractivity contribution in [1.82, 2.24) is 14.5 Å². The quantitative estimate of drug-likeness (QED) is 0.692. The third kappa shape index (κ3) is 2.50. The van der Waals surface area contributed by atoms with Gasteiger partial charge in [-0.25, -0.2) is 14.8 Å². The average molecular weight is 297 g/mol. The highest BCUT2D eigenvalue weighted by atomic mass is 16.5. The normalized spacial score (nSPS) is 10.6. The van der Waals surface area contributed by atoms with Crippen LogP contribution >= 0.6 is 0 Å². The standard InChI is InChI=1S/C16H15N3O3/c1-3-22-13-6-4-12(5-7-13)19-10-18-14-8-11(16(20)21-2)9-17-15(14)19/h4-10H,3H2,1-2H3. The number of ether oxygens (including phenoxy) is 2. The Kier molecular flexibility index (Phi) is 3.74. The summed E-state index contributed by atoms with van der Waals surface area (Å²) in [6, 6.07) is 9.32. The number of hydrogen-bond donors (Lipinski definition) is 0. The van der Waals surface area contributed by atoms with E-state index in [1.54, 1.807) is 12.4 Å². The zero-order valence-corrected chi connectivity index (χ0v) is 12.3. The van der Waals surface area contributed by atoms with E-state index in [-0.39, 0.29) is 0 Å². The van der Waals surface area contributed by atoms with Crippen molar-refractivity contribution in [2.45, 2.75) is 6.92 Å². The first-order valence-electron chi connectivity index (χ1n) is 6.87. The van der Waals surface area contributed by atoms with Crippen LogP contribution in [0.25, 0.3) is 16.9 Å². The number of fused-ring (bicyclic) bond motifs is 1. The van der Waals surface area contributed by atoms with Crippen molar-refractivity contribution in [1.29, 1.82) is 0 Å². The molecule has 1 aromatic carbocycles. The van der Waals surface area contributed by atoms with E-state index in [9.17, 15) is 4.79 Å². The van der Waals surface area contributed by atoms with Crippen LogP contribution in [0.1, 0.15) is 17.3 Å². The number of nitrogens with zero attached hydrogens (tertiary/aromatic N) is 3. The largest absolute Gasteiger partial charge is 0.494 e. The molecule has 0 N–H and O–H groups in total. The minimum Gasteiger partial charge on any atom is -0.494 e. The SMILES string of the molecule is CCOc1ccc(-n2cnc3cc(C(=O)OC)cnc32)cc1. The molecular weight excluding hydrogens is 282 g/mol. The van der Waals surface area contributed by atoms with Gasteiger partial charge in [0.25, 0.3) is 0 Å². The van der Waals surface area contributed by atoms with E-state index in [1.807, 2.05) is 35.8 Å². The minimum absolute atomic E-state index is 0.381. The first-order valence-corrected chi connectivity index (χ1v) is 6.87. The Labute approximate surface area is 127 Å².